The highest BCUT2D eigenvalue weighted by Gasteiger charge is 2.43. The molecule has 3 rings (SSSR count). The normalized spacial score (nSPS) is 28.3. The van der Waals surface area contributed by atoms with E-state index >= 15 is 0 Å². The number of hydrogen-bond acceptors (Lipinski definition) is 7. The van der Waals surface area contributed by atoms with Crippen LogP contribution < -0.4 is 4.74 Å². The Morgan fingerprint density at radius 1 is 1.23 bits per heavy atom. The first-order valence-corrected chi connectivity index (χ1v) is 11.8. The molecule has 0 spiro atoms. The summed E-state index contributed by atoms with van der Waals surface area (Å²) in [7, 11) is 0. The van der Waals surface area contributed by atoms with Gasteiger partial charge in [0, 0.05) is 42.9 Å². The number of carboxylic acids is 1. The molecule has 0 radical (unpaired) electrons. The second-order valence-corrected chi connectivity index (χ2v) is 9.10. The predicted molar refractivity (Wildman–Crippen MR) is 120 cm³/mol. The molecule has 1 aliphatic heterocycles. The zero-order valence-corrected chi connectivity index (χ0v) is 19.5. The van der Waals surface area contributed by atoms with Crippen LogP contribution in [0.1, 0.15) is 32.6 Å². The molecule has 0 aromatic heterocycles. The summed E-state index contributed by atoms with van der Waals surface area (Å²) in [4.78, 5) is 23.1. The Kier molecular flexibility index (Phi) is 9.73. The van der Waals surface area contributed by atoms with E-state index in [1.165, 1.54) is 6.08 Å². The van der Waals surface area contributed by atoms with Gasteiger partial charge in [-0.05, 0) is 18.8 Å². The lowest BCUT2D eigenvalue weighted by Gasteiger charge is -2.21. The van der Waals surface area contributed by atoms with Crippen molar-refractivity contribution >= 4 is 11.8 Å². The molecular weight excluding hydrogens is 466 g/mol. The first-order chi connectivity index (χ1) is 16.7. The van der Waals surface area contributed by atoms with Gasteiger partial charge in [-0.1, -0.05) is 19.1 Å². The number of aliphatic hydroxyl groups is 2. The number of rotatable bonds is 11. The number of carbonyl (C=O) groups is 2. The van der Waals surface area contributed by atoms with E-state index in [0.29, 0.717) is 25.9 Å². The smallest absolute Gasteiger partial charge is 0.340 e. The quantitative estimate of drug-likeness (QED) is 0.314. The van der Waals surface area contributed by atoms with Crippen molar-refractivity contribution < 1.29 is 47.9 Å². The van der Waals surface area contributed by atoms with E-state index in [9.17, 15) is 33.7 Å². The first kappa shape index (κ1) is 27.2. The standard InChI is InChI=1S/C25H32F2O8/c1-2-21(29)24(25(31)32)35-12-14-3-5-20-19(22(30)10-23(20)34-11-14)6-4-17(28)13-33-18-8-15(26)7-16(27)9-18/h4,6-9,14,17,19-20,22-24,28,30H,2-3,5,10-13H2,1H3,(H,31,32)/b6-4+/t14-,17-,19-,20-,22-,23+,24?/m1/s1. The number of carboxylic acid groups (broad SMARTS) is 1. The van der Waals surface area contributed by atoms with Gasteiger partial charge >= 0.3 is 5.97 Å². The van der Waals surface area contributed by atoms with E-state index in [1.54, 1.807) is 13.0 Å². The number of ketones is 1. The number of aliphatic carboxylic acids is 1. The van der Waals surface area contributed by atoms with Crippen LogP contribution in [-0.4, -0.2) is 71.3 Å². The van der Waals surface area contributed by atoms with Gasteiger partial charge in [-0.25, -0.2) is 13.6 Å². The van der Waals surface area contributed by atoms with E-state index in [4.69, 9.17) is 14.2 Å². The van der Waals surface area contributed by atoms with Gasteiger partial charge in [-0.2, -0.15) is 0 Å². The highest BCUT2D eigenvalue weighted by atomic mass is 19.1. The van der Waals surface area contributed by atoms with Crippen LogP contribution in [-0.2, 0) is 19.1 Å². The van der Waals surface area contributed by atoms with E-state index in [1.807, 2.05) is 0 Å². The molecule has 1 heterocycles. The van der Waals surface area contributed by atoms with E-state index in [-0.39, 0.29) is 49.2 Å². The Morgan fingerprint density at radius 3 is 2.60 bits per heavy atom. The molecule has 1 unspecified atom stereocenters. The lowest BCUT2D eigenvalue weighted by atomic mass is 9.87. The van der Waals surface area contributed by atoms with Crippen molar-refractivity contribution in [2.75, 3.05) is 19.8 Å². The highest BCUT2D eigenvalue weighted by molar-refractivity contribution is 6.01. The molecule has 8 nitrogen and oxygen atoms in total. The summed E-state index contributed by atoms with van der Waals surface area (Å²) >= 11 is 0. The average molecular weight is 499 g/mol. The van der Waals surface area contributed by atoms with Crippen LogP contribution in [0.15, 0.2) is 30.4 Å². The Bertz CT molecular complexity index is 887. The SMILES string of the molecule is CCC(=O)C(OC[C@@H]1CC[C@@H]2[C@@H](/C=C/[C@@H](O)COc3cc(F)cc(F)c3)[C@H](O)C[C@@H]2OC1)C(=O)O. The van der Waals surface area contributed by atoms with Gasteiger partial charge in [0.05, 0.1) is 25.4 Å². The summed E-state index contributed by atoms with van der Waals surface area (Å²) in [5.74, 6) is -3.75. The Balaban J connectivity index is 1.52. The summed E-state index contributed by atoms with van der Waals surface area (Å²) in [6.07, 6.45) is 1.69. The summed E-state index contributed by atoms with van der Waals surface area (Å²) in [5.41, 5.74) is 0. The molecule has 3 N–H and O–H groups in total. The minimum Gasteiger partial charge on any atom is -0.490 e. The predicted octanol–water partition coefficient (Wildman–Crippen LogP) is 2.50. The van der Waals surface area contributed by atoms with Gasteiger partial charge in [0.1, 0.15) is 30.1 Å². The largest absolute Gasteiger partial charge is 0.490 e. The van der Waals surface area contributed by atoms with Crippen LogP contribution in [0.5, 0.6) is 5.75 Å². The third-order valence-corrected chi connectivity index (χ3v) is 6.52. The fourth-order valence-electron chi connectivity index (χ4n) is 4.67. The number of hydrogen-bond donors (Lipinski definition) is 3. The van der Waals surface area contributed by atoms with Gasteiger partial charge in [-0.15, -0.1) is 0 Å². The number of benzene rings is 1. The molecule has 194 valence electrons. The molecule has 1 aliphatic carbocycles. The lowest BCUT2D eigenvalue weighted by Crippen LogP contribution is -2.34. The second kappa shape index (κ2) is 12.5. The third-order valence-electron chi connectivity index (χ3n) is 6.52. The van der Waals surface area contributed by atoms with Crippen molar-refractivity contribution in [3.8, 4) is 5.75 Å². The lowest BCUT2D eigenvalue weighted by molar-refractivity contribution is -0.157. The number of Topliss-reactive ketones (excluding diaryl/α,β-unsaturated/α-hetero) is 1. The fourth-order valence-corrected chi connectivity index (χ4v) is 4.67. The van der Waals surface area contributed by atoms with Gasteiger partial charge in [0.15, 0.2) is 5.78 Å². The molecule has 0 amide bonds. The van der Waals surface area contributed by atoms with Gasteiger partial charge < -0.3 is 29.5 Å². The minimum absolute atomic E-state index is 0.00997. The number of halogens is 2. The monoisotopic (exact) mass is 498 g/mol. The summed E-state index contributed by atoms with van der Waals surface area (Å²) < 4.78 is 43.1. The molecule has 35 heavy (non-hydrogen) atoms. The maximum atomic E-state index is 13.3. The summed E-state index contributed by atoms with van der Waals surface area (Å²) in [6, 6.07) is 2.76. The topological polar surface area (TPSA) is 123 Å². The van der Waals surface area contributed by atoms with Crippen molar-refractivity contribution in [2.24, 2.45) is 17.8 Å². The van der Waals surface area contributed by atoms with Crippen LogP contribution in [0.3, 0.4) is 0 Å². The number of ether oxygens (including phenoxy) is 3. The highest BCUT2D eigenvalue weighted by Crippen LogP contribution is 2.41. The number of aliphatic hydroxyl groups excluding tert-OH is 2. The number of fused-ring (bicyclic) bond motifs is 1. The van der Waals surface area contributed by atoms with Crippen LogP contribution in [0.2, 0.25) is 0 Å². The maximum absolute atomic E-state index is 13.3. The van der Waals surface area contributed by atoms with Crippen molar-refractivity contribution in [1.82, 2.24) is 0 Å². The molecule has 1 aromatic carbocycles. The first-order valence-electron chi connectivity index (χ1n) is 11.8. The van der Waals surface area contributed by atoms with Crippen LogP contribution in [0, 0.1) is 29.4 Å². The van der Waals surface area contributed by atoms with E-state index in [0.717, 1.165) is 18.2 Å². The molecular formula is C25H32F2O8. The Labute approximate surface area is 202 Å². The average Bonchev–Trinajstić information content (AvgIpc) is 2.96. The zero-order valence-electron chi connectivity index (χ0n) is 19.5. The molecule has 7 atom stereocenters. The summed E-state index contributed by atoms with van der Waals surface area (Å²) in [6.45, 7) is 1.79. The third kappa shape index (κ3) is 7.54. The number of carbonyl (C=O) groups excluding carboxylic acids is 1. The Morgan fingerprint density at radius 2 is 1.94 bits per heavy atom. The molecule has 10 heteroatoms. The molecule has 1 saturated heterocycles. The van der Waals surface area contributed by atoms with E-state index < -0.39 is 41.7 Å². The molecule has 0 bridgehead atoms. The van der Waals surface area contributed by atoms with Crippen LogP contribution >= 0.6 is 0 Å². The van der Waals surface area contributed by atoms with Gasteiger partial charge in [0.2, 0.25) is 6.10 Å². The van der Waals surface area contributed by atoms with Crippen molar-refractivity contribution in [3.63, 3.8) is 0 Å². The zero-order chi connectivity index (χ0) is 25.5. The Hall–Kier alpha value is -2.40. The summed E-state index contributed by atoms with van der Waals surface area (Å²) in [5, 5.41) is 30.0. The van der Waals surface area contributed by atoms with Crippen LogP contribution in [0.4, 0.5) is 8.78 Å². The van der Waals surface area contributed by atoms with Gasteiger partial charge in [0.25, 0.3) is 0 Å². The van der Waals surface area contributed by atoms with Gasteiger partial charge in [-0.3, -0.25) is 4.79 Å². The maximum Gasteiger partial charge on any atom is 0.340 e. The second-order valence-electron chi connectivity index (χ2n) is 9.10. The van der Waals surface area contributed by atoms with Crippen LogP contribution in [0.25, 0.3) is 0 Å². The van der Waals surface area contributed by atoms with Crippen molar-refractivity contribution in [3.05, 3.63) is 42.0 Å². The minimum atomic E-state index is -1.48. The molecule has 1 aromatic rings. The van der Waals surface area contributed by atoms with E-state index in [2.05, 4.69) is 0 Å². The molecule has 2 fully saturated rings. The molecule has 1 saturated carbocycles. The van der Waals surface area contributed by atoms with Crippen molar-refractivity contribution in [2.45, 2.75) is 57.0 Å². The fraction of sp³-hybridized carbons (Fsp3) is 0.600. The molecule has 2 aliphatic rings. The van der Waals surface area contributed by atoms with Crippen molar-refractivity contribution in [1.29, 1.82) is 0 Å².